The molecule has 1 aliphatic carbocycles. The second-order valence-electron chi connectivity index (χ2n) is 6.54. The van der Waals surface area contributed by atoms with E-state index in [1.54, 1.807) is 36.4 Å². The van der Waals surface area contributed by atoms with Gasteiger partial charge in [-0.3, -0.25) is 9.59 Å². The first-order valence-electron chi connectivity index (χ1n) is 8.62. The molecular weight excluding hydrogens is 366 g/mol. The van der Waals surface area contributed by atoms with Crippen LogP contribution in [0.4, 0.5) is 11.4 Å². The number of anilines is 2. The monoisotopic (exact) mass is 387 g/mol. The highest BCUT2D eigenvalue weighted by Crippen LogP contribution is 2.28. The van der Waals surface area contributed by atoms with Crippen LogP contribution >= 0.6 is 0 Å². The average molecular weight is 387 g/mol. The van der Waals surface area contributed by atoms with Crippen molar-refractivity contribution in [3.8, 4) is 0 Å². The number of benzene rings is 2. The van der Waals surface area contributed by atoms with Crippen molar-refractivity contribution in [1.82, 2.24) is 4.72 Å². The van der Waals surface area contributed by atoms with Crippen LogP contribution in [-0.2, 0) is 14.8 Å². The molecule has 2 aromatic carbocycles. The highest BCUT2D eigenvalue weighted by atomic mass is 32.2. The van der Waals surface area contributed by atoms with Crippen molar-refractivity contribution >= 4 is 33.2 Å². The topological polar surface area (TPSA) is 104 Å². The van der Waals surface area contributed by atoms with Crippen LogP contribution in [0.1, 0.15) is 30.1 Å². The van der Waals surface area contributed by atoms with Crippen LogP contribution in [-0.4, -0.2) is 26.8 Å². The molecule has 3 rings (SSSR count). The summed E-state index contributed by atoms with van der Waals surface area (Å²) in [5, 5.41) is 5.35. The van der Waals surface area contributed by atoms with Gasteiger partial charge in [-0.15, -0.1) is 0 Å². The predicted octanol–water partition coefficient (Wildman–Crippen LogP) is 2.59. The largest absolute Gasteiger partial charge is 0.326 e. The molecule has 0 saturated heterocycles. The Balaban J connectivity index is 1.68. The Labute approximate surface area is 158 Å². The van der Waals surface area contributed by atoms with E-state index in [4.69, 9.17) is 0 Å². The molecule has 1 saturated carbocycles. The maximum Gasteiger partial charge on any atom is 0.255 e. The molecule has 0 bridgehead atoms. The summed E-state index contributed by atoms with van der Waals surface area (Å²) in [4.78, 5) is 23.5. The van der Waals surface area contributed by atoms with Crippen LogP contribution in [0.15, 0.2) is 53.4 Å². The molecule has 7 nitrogen and oxygen atoms in total. The zero-order valence-electron chi connectivity index (χ0n) is 14.9. The summed E-state index contributed by atoms with van der Waals surface area (Å²) in [6.45, 7) is 1.84. The molecule has 2 aromatic rings. The quantitative estimate of drug-likeness (QED) is 0.679. The van der Waals surface area contributed by atoms with Crippen LogP contribution in [0.3, 0.4) is 0 Å². The molecule has 0 atom stereocenters. The van der Waals surface area contributed by atoms with Crippen molar-refractivity contribution in [2.45, 2.75) is 24.7 Å². The lowest BCUT2D eigenvalue weighted by Gasteiger charge is -2.09. The molecule has 0 aliphatic heterocycles. The highest BCUT2D eigenvalue weighted by molar-refractivity contribution is 7.89. The Hall–Kier alpha value is -2.71. The fourth-order valence-corrected chi connectivity index (χ4v) is 3.64. The maximum atomic E-state index is 12.4. The molecule has 8 heteroatoms. The Morgan fingerprint density at radius 2 is 1.63 bits per heavy atom. The number of sulfonamides is 1. The Morgan fingerprint density at radius 1 is 1.00 bits per heavy atom. The van der Waals surface area contributed by atoms with Gasteiger partial charge in [0.2, 0.25) is 15.9 Å². The van der Waals surface area contributed by atoms with Crippen molar-refractivity contribution in [3.05, 3.63) is 54.1 Å². The fourth-order valence-electron chi connectivity index (χ4n) is 2.48. The van der Waals surface area contributed by atoms with Gasteiger partial charge in [-0.05, 0) is 61.2 Å². The average Bonchev–Trinajstić information content (AvgIpc) is 3.46. The van der Waals surface area contributed by atoms with Crippen molar-refractivity contribution in [3.63, 3.8) is 0 Å². The normalized spacial score (nSPS) is 13.8. The van der Waals surface area contributed by atoms with E-state index in [-0.39, 0.29) is 16.4 Å². The van der Waals surface area contributed by atoms with Crippen molar-refractivity contribution < 1.29 is 18.0 Å². The van der Waals surface area contributed by atoms with Gasteiger partial charge < -0.3 is 10.6 Å². The van der Waals surface area contributed by atoms with E-state index in [1.807, 2.05) is 0 Å². The van der Waals surface area contributed by atoms with Gasteiger partial charge in [0.1, 0.15) is 0 Å². The van der Waals surface area contributed by atoms with Gasteiger partial charge >= 0.3 is 0 Å². The van der Waals surface area contributed by atoms with Gasteiger partial charge in [0.25, 0.3) is 5.91 Å². The standard InChI is InChI=1S/C19H21N3O4S/c1-13(23)21-16-7-9-17(10-8-16)22-19(24)15-3-2-4-18(11-15)27(25,26)20-12-14-5-6-14/h2-4,7-11,14,20H,5-6,12H2,1H3,(H,21,23)(H,22,24). The van der Waals surface area contributed by atoms with Gasteiger partial charge in [-0.25, -0.2) is 13.1 Å². The third kappa shape index (κ3) is 5.38. The minimum atomic E-state index is -3.63. The Bertz CT molecular complexity index is 951. The first kappa shape index (κ1) is 19.1. The van der Waals surface area contributed by atoms with Gasteiger partial charge in [-0.2, -0.15) is 0 Å². The first-order chi connectivity index (χ1) is 12.8. The molecule has 0 radical (unpaired) electrons. The van der Waals surface area contributed by atoms with E-state index in [1.165, 1.54) is 19.1 Å². The summed E-state index contributed by atoms with van der Waals surface area (Å²) < 4.78 is 27.3. The summed E-state index contributed by atoms with van der Waals surface area (Å²) in [6.07, 6.45) is 2.09. The highest BCUT2D eigenvalue weighted by Gasteiger charge is 2.24. The number of carbonyl (C=O) groups excluding carboxylic acids is 2. The van der Waals surface area contributed by atoms with E-state index < -0.39 is 15.9 Å². The molecule has 0 heterocycles. The van der Waals surface area contributed by atoms with E-state index in [0.717, 1.165) is 12.8 Å². The minimum absolute atomic E-state index is 0.0665. The third-order valence-electron chi connectivity index (χ3n) is 4.13. The molecule has 0 spiro atoms. The van der Waals surface area contributed by atoms with Crippen molar-refractivity contribution in [2.24, 2.45) is 5.92 Å². The first-order valence-corrected chi connectivity index (χ1v) is 10.1. The summed E-state index contributed by atoms with van der Waals surface area (Å²) in [6, 6.07) is 12.6. The molecule has 3 N–H and O–H groups in total. The summed E-state index contributed by atoms with van der Waals surface area (Å²) in [7, 11) is -3.63. The minimum Gasteiger partial charge on any atom is -0.326 e. The van der Waals surface area contributed by atoms with Crippen molar-refractivity contribution in [2.75, 3.05) is 17.2 Å². The number of carbonyl (C=O) groups is 2. The molecule has 0 aromatic heterocycles. The molecule has 1 aliphatic rings. The number of nitrogens with one attached hydrogen (secondary N) is 3. The zero-order chi connectivity index (χ0) is 19.4. The lowest BCUT2D eigenvalue weighted by molar-refractivity contribution is -0.114. The summed E-state index contributed by atoms with van der Waals surface area (Å²) in [5.74, 6) is -0.173. The van der Waals surface area contributed by atoms with Crippen LogP contribution in [0.2, 0.25) is 0 Å². The Kier molecular flexibility index (Phi) is 5.57. The van der Waals surface area contributed by atoms with E-state index in [2.05, 4.69) is 15.4 Å². The number of hydrogen-bond acceptors (Lipinski definition) is 4. The SMILES string of the molecule is CC(=O)Nc1ccc(NC(=O)c2cccc(S(=O)(=O)NCC3CC3)c2)cc1. The molecule has 142 valence electrons. The van der Waals surface area contributed by atoms with Gasteiger partial charge in [0, 0.05) is 30.4 Å². The lowest BCUT2D eigenvalue weighted by atomic mass is 10.2. The zero-order valence-corrected chi connectivity index (χ0v) is 15.7. The third-order valence-corrected chi connectivity index (χ3v) is 5.55. The maximum absolute atomic E-state index is 12.4. The van der Waals surface area contributed by atoms with Crippen LogP contribution in [0.5, 0.6) is 0 Å². The molecular formula is C19H21N3O4S. The predicted molar refractivity (Wildman–Crippen MR) is 103 cm³/mol. The molecule has 27 heavy (non-hydrogen) atoms. The molecule has 2 amide bonds. The van der Waals surface area contributed by atoms with E-state index >= 15 is 0 Å². The molecule has 1 fully saturated rings. The van der Waals surface area contributed by atoms with E-state index in [0.29, 0.717) is 23.8 Å². The van der Waals surface area contributed by atoms with Crippen molar-refractivity contribution in [1.29, 1.82) is 0 Å². The smallest absolute Gasteiger partial charge is 0.255 e. The summed E-state index contributed by atoms with van der Waals surface area (Å²) >= 11 is 0. The van der Waals surface area contributed by atoms with E-state index in [9.17, 15) is 18.0 Å². The second-order valence-corrected chi connectivity index (χ2v) is 8.30. The summed E-state index contributed by atoms with van der Waals surface area (Å²) in [5.41, 5.74) is 1.40. The van der Waals surface area contributed by atoms with Crippen LogP contribution in [0.25, 0.3) is 0 Å². The fraction of sp³-hybridized carbons (Fsp3) is 0.263. The van der Waals surface area contributed by atoms with Gasteiger partial charge in [-0.1, -0.05) is 6.07 Å². The lowest BCUT2D eigenvalue weighted by Crippen LogP contribution is -2.26. The Morgan fingerprint density at radius 3 is 2.22 bits per heavy atom. The number of rotatable bonds is 7. The van der Waals surface area contributed by atoms with Gasteiger partial charge in [0.05, 0.1) is 4.90 Å². The second kappa shape index (κ2) is 7.89. The van der Waals surface area contributed by atoms with Gasteiger partial charge in [0.15, 0.2) is 0 Å². The molecule has 0 unspecified atom stereocenters. The number of hydrogen-bond donors (Lipinski definition) is 3. The number of amides is 2. The van der Waals surface area contributed by atoms with Crippen LogP contribution < -0.4 is 15.4 Å². The van der Waals surface area contributed by atoms with Crippen LogP contribution in [0, 0.1) is 5.92 Å².